The maximum absolute atomic E-state index is 14.0. The lowest BCUT2D eigenvalue weighted by atomic mass is 10.1. The number of aromatic nitrogens is 4. The molecule has 168 valence electrons. The molecule has 0 unspecified atom stereocenters. The van der Waals surface area contributed by atoms with E-state index >= 15 is 0 Å². The summed E-state index contributed by atoms with van der Waals surface area (Å²) in [4.78, 5) is 27.2. The van der Waals surface area contributed by atoms with Crippen molar-refractivity contribution in [1.29, 1.82) is 0 Å². The van der Waals surface area contributed by atoms with Gasteiger partial charge in [-0.15, -0.1) is 10.2 Å². The fourth-order valence-corrected chi connectivity index (χ4v) is 4.02. The molecule has 1 N–H and O–H groups in total. The lowest BCUT2D eigenvalue weighted by Crippen LogP contribution is -2.40. The first-order chi connectivity index (χ1) is 15.2. The number of nitrogens with zero attached hydrogens (tertiary/aromatic N) is 5. The molecule has 1 aliphatic heterocycles. The molecule has 2 aromatic heterocycles. The van der Waals surface area contributed by atoms with E-state index < -0.39 is 28.8 Å². The van der Waals surface area contributed by atoms with Crippen molar-refractivity contribution in [1.82, 2.24) is 24.9 Å². The summed E-state index contributed by atoms with van der Waals surface area (Å²) in [6.45, 7) is 2.33. The molecule has 8 nitrogen and oxygen atoms in total. The molecule has 1 aliphatic rings. The molecule has 3 heterocycles. The Balaban J connectivity index is 1.58. The monoisotopic (exact) mass is 468 g/mol. The van der Waals surface area contributed by atoms with E-state index in [0.29, 0.717) is 11.1 Å². The molecule has 1 aromatic carbocycles. The summed E-state index contributed by atoms with van der Waals surface area (Å²) in [6, 6.07) is 6.13. The molecule has 0 radical (unpaired) electrons. The number of benzene rings is 1. The molecule has 32 heavy (non-hydrogen) atoms. The molecule has 0 saturated carbocycles. The normalized spacial score (nSPS) is 13.9. The van der Waals surface area contributed by atoms with Crippen LogP contribution in [-0.4, -0.2) is 43.2 Å². The van der Waals surface area contributed by atoms with Crippen LogP contribution in [0.3, 0.4) is 0 Å². The minimum Gasteiger partial charge on any atom is -0.331 e. The van der Waals surface area contributed by atoms with E-state index in [2.05, 4.69) is 20.6 Å². The van der Waals surface area contributed by atoms with E-state index in [1.54, 1.807) is 25.1 Å². The van der Waals surface area contributed by atoms with Crippen LogP contribution in [0.4, 0.5) is 22.7 Å². The number of fused-ring (bicyclic) bond motifs is 1. The number of carbonyl (C=O) groups is 2. The second kappa shape index (κ2) is 8.30. The van der Waals surface area contributed by atoms with Crippen molar-refractivity contribution in [2.24, 2.45) is 0 Å². The zero-order chi connectivity index (χ0) is 23.0. The Kier molecular flexibility index (Phi) is 5.67. The summed E-state index contributed by atoms with van der Waals surface area (Å²) in [7, 11) is 0. The maximum atomic E-state index is 14.0. The molecule has 4 rings (SSSR count). The molecule has 0 spiro atoms. The van der Waals surface area contributed by atoms with Crippen LogP contribution < -0.4 is 5.32 Å². The first kappa shape index (κ1) is 21.9. The van der Waals surface area contributed by atoms with Gasteiger partial charge in [0.25, 0.3) is 11.8 Å². The molecule has 0 aliphatic carbocycles. The molecule has 3 aromatic rings. The van der Waals surface area contributed by atoms with E-state index in [-0.39, 0.29) is 53.9 Å². The molecule has 0 atom stereocenters. The number of carbonyl (C=O) groups excluding carboxylic acids is 2. The van der Waals surface area contributed by atoms with Crippen molar-refractivity contribution in [2.75, 3.05) is 11.9 Å². The lowest BCUT2D eigenvalue weighted by Gasteiger charge is -2.28. The molecule has 13 heteroatoms. The second-order valence-electron chi connectivity index (χ2n) is 6.93. The number of hydrogen-bond donors (Lipinski definition) is 1. The number of nitrogens with one attached hydrogen (secondary N) is 1. The van der Waals surface area contributed by atoms with Crippen molar-refractivity contribution >= 4 is 28.3 Å². The van der Waals surface area contributed by atoms with Crippen LogP contribution in [0.25, 0.3) is 0 Å². The number of hydrogen-bond acceptors (Lipinski definition) is 6. The fraction of sp³-hybridized carbons (Fsp3) is 0.316. The van der Waals surface area contributed by atoms with Gasteiger partial charge in [0, 0.05) is 24.2 Å². The molecule has 0 fully saturated rings. The first-order valence-corrected chi connectivity index (χ1v) is 10.3. The number of rotatable bonds is 5. The summed E-state index contributed by atoms with van der Waals surface area (Å²) in [5.74, 6) is -1.62. The van der Waals surface area contributed by atoms with E-state index in [1.807, 2.05) is 0 Å². The largest absolute Gasteiger partial charge is 0.445 e. The Bertz CT molecular complexity index is 1190. The van der Waals surface area contributed by atoms with Crippen molar-refractivity contribution in [2.45, 2.75) is 32.6 Å². The van der Waals surface area contributed by atoms with Crippen LogP contribution in [0.1, 0.15) is 44.0 Å². The van der Waals surface area contributed by atoms with Crippen LogP contribution >= 0.6 is 11.3 Å². The molecule has 0 bridgehead atoms. The van der Waals surface area contributed by atoms with Gasteiger partial charge in [-0.25, -0.2) is 4.39 Å². The van der Waals surface area contributed by atoms with E-state index in [9.17, 15) is 27.2 Å². The Morgan fingerprint density at radius 2 is 1.97 bits per heavy atom. The van der Waals surface area contributed by atoms with Gasteiger partial charge in [0.15, 0.2) is 5.69 Å². The third kappa shape index (κ3) is 4.07. The smallest absolute Gasteiger partial charge is 0.331 e. The average Bonchev–Trinajstić information content (AvgIpc) is 3.36. The minimum absolute atomic E-state index is 0.0619. The Morgan fingerprint density at radius 1 is 1.22 bits per heavy atom. The number of anilines is 1. The Labute approximate surface area is 182 Å². The maximum Gasteiger partial charge on any atom is 0.445 e. The van der Waals surface area contributed by atoms with E-state index in [4.69, 9.17) is 0 Å². The Hall–Kier alpha value is -3.35. The number of alkyl halides is 3. The predicted molar refractivity (Wildman–Crippen MR) is 106 cm³/mol. The highest BCUT2D eigenvalue weighted by Crippen LogP contribution is 2.33. The van der Waals surface area contributed by atoms with Crippen molar-refractivity contribution in [3.05, 3.63) is 57.6 Å². The molecular weight excluding hydrogens is 452 g/mol. The van der Waals surface area contributed by atoms with E-state index in [1.165, 1.54) is 15.6 Å². The lowest BCUT2D eigenvalue weighted by molar-refractivity contribution is -0.138. The van der Waals surface area contributed by atoms with E-state index in [0.717, 1.165) is 0 Å². The third-order valence-corrected chi connectivity index (χ3v) is 5.78. The number of halogens is 4. The first-order valence-electron chi connectivity index (χ1n) is 9.53. The standard InChI is InChI=1S/C19H16F4N6O2S/c1-2-11-13(15(30)24-18-26-25-17(32-18)19(21,22)23)27-29-8-7-28(16(31)14(11)29)9-10-5-3-4-6-12(10)20/h3-6H,2,7-9H2,1H3,(H,24,26,30). The van der Waals surface area contributed by atoms with Gasteiger partial charge in [-0.2, -0.15) is 18.3 Å². The van der Waals surface area contributed by atoms with Gasteiger partial charge >= 0.3 is 6.18 Å². The van der Waals surface area contributed by atoms with Gasteiger partial charge in [0.2, 0.25) is 10.1 Å². The number of amides is 2. The highest BCUT2D eigenvalue weighted by atomic mass is 32.1. The van der Waals surface area contributed by atoms with Crippen LogP contribution in [0.5, 0.6) is 0 Å². The van der Waals surface area contributed by atoms with Gasteiger partial charge in [-0.3, -0.25) is 19.6 Å². The van der Waals surface area contributed by atoms with Crippen molar-refractivity contribution in [3.63, 3.8) is 0 Å². The molecule has 2 amide bonds. The van der Waals surface area contributed by atoms with Crippen LogP contribution in [0, 0.1) is 5.82 Å². The second-order valence-corrected chi connectivity index (χ2v) is 7.91. The van der Waals surface area contributed by atoms with Gasteiger partial charge in [0.1, 0.15) is 11.5 Å². The quantitative estimate of drug-likeness (QED) is 0.580. The molecular formula is C19H16F4N6O2S. The van der Waals surface area contributed by atoms with Crippen LogP contribution in [-0.2, 0) is 25.7 Å². The van der Waals surface area contributed by atoms with Crippen molar-refractivity contribution < 1.29 is 27.2 Å². The van der Waals surface area contributed by atoms with Crippen LogP contribution in [0.15, 0.2) is 24.3 Å². The summed E-state index contributed by atoms with van der Waals surface area (Å²) < 4.78 is 53.5. The highest BCUT2D eigenvalue weighted by Gasteiger charge is 2.36. The van der Waals surface area contributed by atoms with Gasteiger partial charge in [-0.05, 0) is 12.5 Å². The zero-order valence-electron chi connectivity index (χ0n) is 16.6. The minimum atomic E-state index is -4.67. The van der Waals surface area contributed by atoms with Crippen molar-refractivity contribution in [3.8, 4) is 0 Å². The summed E-state index contributed by atoms with van der Waals surface area (Å²) in [5, 5.41) is 11.3. The topological polar surface area (TPSA) is 93.0 Å². The predicted octanol–water partition coefficient (Wildman–Crippen LogP) is 3.36. The Morgan fingerprint density at radius 3 is 2.62 bits per heavy atom. The third-order valence-electron chi connectivity index (χ3n) is 4.90. The van der Waals surface area contributed by atoms with Gasteiger partial charge in [0.05, 0.1) is 6.54 Å². The SMILES string of the molecule is CCc1c(C(=O)Nc2nnc(C(F)(F)F)s2)nn2c1C(=O)N(Cc1ccccc1F)CC2. The summed E-state index contributed by atoms with van der Waals surface area (Å²) >= 11 is 0.190. The summed E-state index contributed by atoms with van der Waals surface area (Å²) in [6.07, 6.45) is -4.39. The fourth-order valence-electron chi connectivity index (χ4n) is 3.41. The average molecular weight is 468 g/mol. The van der Waals surface area contributed by atoms with Gasteiger partial charge in [-0.1, -0.05) is 36.5 Å². The summed E-state index contributed by atoms with van der Waals surface area (Å²) in [5.41, 5.74) is 0.841. The van der Waals surface area contributed by atoms with Gasteiger partial charge < -0.3 is 4.90 Å². The van der Waals surface area contributed by atoms with Crippen LogP contribution in [0.2, 0.25) is 0 Å². The molecule has 0 saturated heterocycles. The highest BCUT2D eigenvalue weighted by molar-refractivity contribution is 7.15. The zero-order valence-corrected chi connectivity index (χ0v) is 17.4.